The van der Waals surface area contributed by atoms with Gasteiger partial charge < -0.3 is 4.74 Å². The maximum absolute atomic E-state index is 11.1. The van der Waals surface area contributed by atoms with Crippen LogP contribution >= 0.6 is 0 Å². The summed E-state index contributed by atoms with van der Waals surface area (Å²) < 4.78 is 5.14. The average molecular weight is 148 g/mol. The quantitative estimate of drug-likeness (QED) is 0.377. The molecule has 11 heavy (non-hydrogen) atoms. The molecular formula is C9H8O2. The molecule has 3 rings (SSSR count). The molecule has 1 fully saturated rings. The van der Waals surface area contributed by atoms with E-state index in [0.717, 1.165) is 0 Å². The van der Waals surface area contributed by atoms with Crippen molar-refractivity contribution >= 4 is 5.97 Å². The van der Waals surface area contributed by atoms with Crippen LogP contribution in [-0.2, 0) is 9.53 Å². The van der Waals surface area contributed by atoms with Crippen molar-refractivity contribution in [1.82, 2.24) is 0 Å². The molecule has 4 atom stereocenters. The van der Waals surface area contributed by atoms with E-state index in [1.165, 1.54) is 0 Å². The zero-order chi connectivity index (χ0) is 7.42. The predicted octanol–water partition coefficient (Wildman–Crippen LogP) is 0.900. The van der Waals surface area contributed by atoms with E-state index in [4.69, 9.17) is 4.74 Å². The molecule has 0 N–H and O–H groups in total. The molecule has 0 unspecified atom stereocenters. The second-order valence-corrected chi connectivity index (χ2v) is 3.35. The van der Waals surface area contributed by atoms with Gasteiger partial charge in [-0.2, -0.15) is 0 Å². The third-order valence-corrected chi connectivity index (χ3v) is 2.83. The van der Waals surface area contributed by atoms with Gasteiger partial charge in [0.2, 0.25) is 0 Å². The van der Waals surface area contributed by atoms with Gasteiger partial charge in [-0.3, -0.25) is 4.79 Å². The lowest BCUT2D eigenvalue weighted by Gasteiger charge is -2.09. The van der Waals surface area contributed by atoms with Crippen molar-refractivity contribution in [3.05, 3.63) is 24.3 Å². The highest BCUT2D eigenvalue weighted by Crippen LogP contribution is 2.45. The van der Waals surface area contributed by atoms with Crippen molar-refractivity contribution < 1.29 is 9.53 Å². The van der Waals surface area contributed by atoms with Crippen LogP contribution in [0.4, 0.5) is 0 Å². The molecule has 0 amide bonds. The fourth-order valence-corrected chi connectivity index (χ4v) is 2.29. The molecule has 0 radical (unpaired) electrons. The summed E-state index contributed by atoms with van der Waals surface area (Å²) in [5.74, 6) is 0.891. The van der Waals surface area contributed by atoms with Crippen LogP contribution in [-0.4, -0.2) is 12.1 Å². The summed E-state index contributed by atoms with van der Waals surface area (Å²) in [5, 5.41) is 0. The van der Waals surface area contributed by atoms with E-state index >= 15 is 0 Å². The molecule has 1 saturated heterocycles. The third kappa shape index (κ3) is 0.516. The fraction of sp³-hybridized carbons (Fsp3) is 0.444. The standard InChI is InChI=1S/C9H8O2/c10-9-6-3-1-5-2-4-7(11-9)8(5)6/h1-8H/t5-,6-,7+,8+/m1/s1. The van der Waals surface area contributed by atoms with E-state index in [0.29, 0.717) is 11.8 Å². The Bertz CT molecular complexity index is 277. The van der Waals surface area contributed by atoms with Gasteiger partial charge in [-0.1, -0.05) is 18.2 Å². The second kappa shape index (κ2) is 1.58. The molecule has 0 bridgehead atoms. The van der Waals surface area contributed by atoms with Crippen LogP contribution in [0.3, 0.4) is 0 Å². The monoisotopic (exact) mass is 148 g/mol. The highest BCUT2D eigenvalue weighted by atomic mass is 16.6. The van der Waals surface area contributed by atoms with Gasteiger partial charge in [0, 0.05) is 11.8 Å². The highest BCUT2D eigenvalue weighted by Gasteiger charge is 2.50. The van der Waals surface area contributed by atoms with Gasteiger partial charge in [0.25, 0.3) is 0 Å². The fourth-order valence-electron chi connectivity index (χ4n) is 2.29. The Morgan fingerprint density at radius 1 is 1.18 bits per heavy atom. The summed E-state index contributed by atoms with van der Waals surface area (Å²) in [6.07, 6.45) is 8.33. The topological polar surface area (TPSA) is 26.3 Å². The maximum Gasteiger partial charge on any atom is 0.313 e. The average Bonchev–Trinajstić information content (AvgIpc) is 2.53. The Morgan fingerprint density at radius 2 is 2.00 bits per heavy atom. The van der Waals surface area contributed by atoms with Crippen molar-refractivity contribution in [2.24, 2.45) is 17.8 Å². The first-order chi connectivity index (χ1) is 5.36. The Morgan fingerprint density at radius 3 is 2.91 bits per heavy atom. The second-order valence-electron chi connectivity index (χ2n) is 3.35. The molecule has 1 heterocycles. The molecule has 3 aliphatic rings. The molecule has 0 aromatic carbocycles. The predicted molar refractivity (Wildman–Crippen MR) is 38.6 cm³/mol. The number of ether oxygens (including phenoxy) is 1. The zero-order valence-corrected chi connectivity index (χ0v) is 5.94. The van der Waals surface area contributed by atoms with E-state index in [1.54, 1.807) is 0 Å². The van der Waals surface area contributed by atoms with Crippen LogP contribution in [0.15, 0.2) is 24.3 Å². The number of carbonyl (C=O) groups excluding carboxylic acids is 1. The molecule has 2 nitrogen and oxygen atoms in total. The number of hydrogen-bond acceptors (Lipinski definition) is 2. The molecule has 2 aliphatic carbocycles. The number of esters is 1. The van der Waals surface area contributed by atoms with Crippen LogP contribution in [0.2, 0.25) is 0 Å². The normalized spacial score (nSPS) is 50.0. The summed E-state index contributed by atoms with van der Waals surface area (Å²) >= 11 is 0. The Balaban J connectivity index is 2.10. The molecule has 0 saturated carbocycles. The molecule has 0 aromatic heterocycles. The smallest absolute Gasteiger partial charge is 0.313 e. The molecule has 56 valence electrons. The van der Waals surface area contributed by atoms with E-state index in [-0.39, 0.29) is 18.0 Å². The summed E-state index contributed by atoms with van der Waals surface area (Å²) in [6, 6.07) is 0. The molecule has 2 heteroatoms. The van der Waals surface area contributed by atoms with Gasteiger partial charge in [-0.15, -0.1) is 0 Å². The molecule has 1 aliphatic heterocycles. The summed E-state index contributed by atoms with van der Waals surface area (Å²) in [7, 11) is 0. The minimum atomic E-state index is -0.0388. The molecule has 0 spiro atoms. The molecule has 0 aromatic rings. The zero-order valence-electron chi connectivity index (χ0n) is 5.94. The SMILES string of the molecule is O=C1O[C@H]2C=C[C@H]3C=C[C@@H]1[C@H]32. The van der Waals surface area contributed by atoms with Crippen LogP contribution in [0, 0.1) is 17.8 Å². The summed E-state index contributed by atoms with van der Waals surface area (Å²) in [4.78, 5) is 11.1. The number of allylic oxidation sites excluding steroid dienone is 2. The van der Waals surface area contributed by atoms with Gasteiger partial charge in [0.1, 0.15) is 6.10 Å². The Kier molecular flexibility index (Phi) is 0.799. The maximum atomic E-state index is 11.1. The van der Waals surface area contributed by atoms with Gasteiger partial charge in [-0.25, -0.2) is 0 Å². The van der Waals surface area contributed by atoms with E-state index in [2.05, 4.69) is 12.2 Å². The van der Waals surface area contributed by atoms with E-state index in [9.17, 15) is 4.79 Å². The van der Waals surface area contributed by atoms with E-state index in [1.807, 2.05) is 12.2 Å². The number of hydrogen-bond donors (Lipinski definition) is 0. The summed E-state index contributed by atoms with van der Waals surface area (Å²) in [6.45, 7) is 0. The Labute approximate surface area is 64.5 Å². The van der Waals surface area contributed by atoms with Gasteiger partial charge in [0.05, 0.1) is 5.92 Å². The van der Waals surface area contributed by atoms with Crippen molar-refractivity contribution in [1.29, 1.82) is 0 Å². The minimum Gasteiger partial charge on any atom is -0.457 e. The van der Waals surface area contributed by atoms with Crippen LogP contribution < -0.4 is 0 Å². The first-order valence-electron chi connectivity index (χ1n) is 3.93. The number of carbonyl (C=O) groups is 1. The first-order valence-corrected chi connectivity index (χ1v) is 3.93. The lowest BCUT2D eigenvalue weighted by atomic mass is 9.91. The van der Waals surface area contributed by atoms with E-state index < -0.39 is 0 Å². The lowest BCUT2D eigenvalue weighted by Crippen LogP contribution is -2.15. The lowest BCUT2D eigenvalue weighted by molar-refractivity contribution is -0.141. The largest absolute Gasteiger partial charge is 0.457 e. The highest BCUT2D eigenvalue weighted by molar-refractivity contribution is 5.79. The third-order valence-electron chi connectivity index (χ3n) is 2.83. The molecular weight excluding hydrogens is 140 g/mol. The minimum absolute atomic E-state index is 0.0388. The van der Waals surface area contributed by atoms with Gasteiger partial charge >= 0.3 is 5.97 Å². The van der Waals surface area contributed by atoms with Crippen molar-refractivity contribution in [3.63, 3.8) is 0 Å². The van der Waals surface area contributed by atoms with Crippen molar-refractivity contribution in [2.75, 3.05) is 0 Å². The van der Waals surface area contributed by atoms with Crippen LogP contribution in [0.25, 0.3) is 0 Å². The Hall–Kier alpha value is -1.05. The van der Waals surface area contributed by atoms with Crippen molar-refractivity contribution in [3.8, 4) is 0 Å². The van der Waals surface area contributed by atoms with Crippen molar-refractivity contribution in [2.45, 2.75) is 6.10 Å². The van der Waals surface area contributed by atoms with Crippen LogP contribution in [0.1, 0.15) is 0 Å². The van der Waals surface area contributed by atoms with Gasteiger partial charge in [-0.05, 0) is 6.08 Å². The van der Waals surface area contributed by atoms with Gasteiger partial charge in [0.15, 0.2) is 0 Å². The summed E-state index contributed by atoms with van der Waals surface area (Å²) in [5.41, 5.74) is 0. The first kappa shape index (κ1) is 5.58. The number of rotatable bonds is 0. The van der Waals surface area contributed by atoms with Crippen LogP contribution in [0.5, 0.6) is 0 Å².